The number of hydrogen-bond acceptors (Lipinski definition) is 7. The number of morpholine rings is 1. The number of carboxylic acids is 1. The Labute approximate surface area is 169 Å². The molecule has 0 aromatic rings. The highest BCUT2D eigenvalue weighted by Crippen LogP contribution is 2.51. The smallest absolute Gasteiger partial charge is 0.353 e. The molecule has 4 aliphatic heterocycles. The van der Waals surface area contributed by atoms with Crippen LogP contribution in [0.4, 0.5) is 0 Å². The van der Waals surface area contributed by atoms with Gasteiger partial charge >= 0.3 is 5.97 Å². The fourth-order valence-corrected chi connectivity index (χ4v) is 6.46. The minimum Gasteiger partial charge on any atom is -0.477 e. The summed E-state index contributed by atoms with van der Waals surface area (Å²) in [6, 6.07) is -0.236. The van der Waals surface area contributed by atoms with Gasteiger partial charge in [0.25, 0.3) is 0 Å². The fraction of sp³-hybridized carbons (Fsp3) is 0.789. The van der Waals surface area contributed by atoms with Crippen molar-refractivity contribution in [2.45, 2.75) is 43.8 Å². The van der Waals surface area contributed by atoms with Crippen molar-refractivity contribution in [2.75, 3.05) is 39.3 Å². The molecule has 4 heterocycles. The van der Waals surface area contributed by atoms with Gasteiger partial charge in [-0.3, -0.25) is 9.69 Å². The summed E-state index contributed by atoms with van der Waals surface area (Å²) >= 11 is 1.61. The molecular weight excluding hydrogens is 382 g/mol. The molecule has 8 nitrogen and oxygen atoms in total. The Balaban J connectivity index is 1.42. The van der Waals surface area contributed by atoms with Crippen LogP contribution >= 0.6 is 11.8 Å². The normalized spacial score (nSPS) is 37.2. The average molecular weight is 412 g/mol. The van der Waals surface area contributed by atoms with Crippen LogP contribution in [0.3, 0.4) is 0 Å². The predicted molar refractivity (Wildman–Crippen MR) is 105 cm³/mol. The number of nitrogens with one attached hydrogen (secondary N) is 1. The first-order valence-corrected chi connectivity index (χ1v) is 11.0. The molecule has 0 saturated carbocycles. The third kappa shape index (κ3) is 3.47. The number of likely N-dealkylation sites (tertiary alicyclic amines) is 1. The second-order valence-electron chi connectivity index (χ2n) is 8.26. The van der Waals surface area contributed by atoms with Gasteiger partial charge in [-0.15, -0.1) is 11.8 Å². The molecule has 6 atom stereocenters. The number of carboxylic acid groups (broad SMARTS) is 1. The van der Waals surface area contributed by atoms with Gasteiger partial charge < -0.3 is 25.2 Å². The molecule has 0 aliphatic carbocycles. The van der Waals surface area contributed by atoms with Gasteiger partial charge in [0.05, 0.1) is 30.8 Å². The standard InChI is InChI=1S/C19H29N3O5S/c1-10-15-14(11(2)23)18(24)22(15)16(19(25)26)17(10)28-13-3-5-21(9-13)8-12-7-20-4-6-27-12/h10-15,20,23H,3-9H2,1-2H3,(H,25,26)/t10-,11-,12?,13?,14-,15-/m1/s1. The molecule has 9 heteroatoms. The molecule has 1 amide bonds. The van der Waals surface area contributed by atoms with Crippen molar-refractivity contribution >= 4 is 23.6 Å². The van der Waals surface area contributed by atoms with Crippen molar-refractivity contribution in [3.05, 3.63) is 10.6 Å². The van der Waals surface area contributed by atoms with Crippen LogP contribution in [0.25, 0.3) is 0 Å². The zero-order valence-corrected chi connectivity index (χ0v) is 17.2. The van der Waals surface area contributed by atoms with E-state index in [0.717, 1.165) is 50.7 Å². The molecule has 3 saturated heterocycles. The number of nitrogens with zero attached hydrogens (tertiary/aromatic N) is 2. The molecule has 3 fully saturated rings. The zero-order chi connectivity index (χ0) is 20.0. The lowest BCUT2D eigenvalue weighted by Crippen LogP contribution is -2.63. The SMILES string of the molecule is C[C@@H](O)[C@H]1C(=O)N2C(C(=O)O)=C(SC3CCN(CC4CNCCO4)C3)[C@H](C)[C@H]12. The summed E-state index contributed by atoms with van der Waals surface area (Å²) < 4.78 is 5.79. The van der Waals surface area contributed by atoms with Gasteiger partial charge in [-0.2, -0.15) is 0 Å². The van der Waals surface area contributed by atoms with Crippen LogP contribution in [0.15, 0.2) is 10.6 Å². The van der Waals surface area contributed by atoms with E-state index in [-0.39, 0.29) is 29.7 Å². The lowest BCUT2D eigenvalue weighted by molar-refractivity contribution is -0.163. The number of aliphatic carboxylic acids is 1. The van der Waals surface area contributed by atoms with Crippen LogP contribution in [0.1, 0.15) is 20.3 Å². The lowest BCUT2D eigenvalue weighted by Gasteiger charge is -2.46. The van der Waals surface area contributed by atoms with E-state index >= 15 is 0 Å². The van der Waals surface area contributed by atoms with Crippen LogP contribution in [-0.2, 0) is 14.3 Å². The van der Waals surface area contributed by atoms with Crippen LogP contribution in [0, 0.1) is 11.8 Å². The minimum absolute atomic E-state index is 0.0617. The first-order chi connectivity index (χ1) is 13.4. The third-order valence-electron chi connectivity index (χ3n) is 6.30. The van der Waals surface area contributed by atoms with Crippen molar-refractivity contribution in [2.24, 2.45) is 11.8 Å². The van der Waals surface area contributed by atoms with Gasteiger partial charge in [-0.25, -0.2) is 4.79 Å². The molecule has 3 N–H and O–H groups in total. The van der Waals surface area contributed by atoms with Gasteiger partial charge in [-0.05, 0) is 19.9 Å². The fourth-order valence-electron chi connectivity index (χ4n) is 4.94. The summed E-state index contributed by atoms with van der Waals surface area (Å²) in [5.74, 6) is -1.88. The number of amides is 1. The Morgan fingerprint density at radius 3 is 2.89 bits per heavy atom. The van der Waals surface area contributed by atoms with Crippen molar-refractivity contribution < 1.29 is 24.5 Å². The Morgan fingerprint density at radius 1 is 1.46 bits per heavy atom. The molecular formula is C19H29N3O5S. The minimum atomic E-state index is -1.05. The topological polar surface area (TPSA) is 102 Å². The van der Waals surface area contributed by atoms with Crippen molar-refractivity contribution in [1.29, 1.82) is 0 Å². The molecule has 0 spiro atoms. The molecule has 0 bridgehead atoms. The van der Waals surface area contributed by atoms with E-state index in [1.807, 2.05) is 6.92 Å². The summed E-state index contributed by atoms with van der Waals surface area (Å²) in [6.45, 7) is 8.87. The molecule has 28 heavy (non-hydrogen) atoms. The number of hydrogen-bond donors (Lipinski definition) is 3. The van der Waals surface area contributed by atoms with Gasteiger partial charge in [0.2, 0.25) is 5.91 Å². The van der Waals surface area contributed by atoms with E-state index in [1.54, 1.807) is 18.7 Å². The van der Waals surface area contributed by atoms with Gasteiger partial charge in [0.15, 0.2) is 0 Å². The van der Waals surface area contributed by atoms with Crippen molar-refractivity contribution in [1.82, 2.24) is 15.1 Å². The van der Waals surface area contributed by atoms with E-state index in [0.29, 0.717) is 5.25 Å². The number of ether oxygens (including phenoxy) is 1. The number of thioether (sulfide) groups is 1. The molecule has 4 rings (SSSR count). The predicted octanol–water partition coefficient (Wildman–Crippen LogP) is -0.0640. The summed E-state index contributed by atoms with van der Waals surface area (Å²) in [4.78, 5) is 28.9. The van der Waals surface area contributed by atoms with E-state index in [4.69, 9.17) is 4.74 Å². The highest BCUT2D eigenvalue weighted by atomic mass is 32.2. The lowest BCUT2D eigenvalue weighted by atomic mass is 9.79. The average Bonchev–Trinajstić information content (AvgIpc) is 3.17. The molecule has 156 valence electrons. The number of carbonyl (C=O) groups excluding carboxylic acids is 1. The summed E-state index contributed by atoms with van der Waals surface area (Å²) in [5.41, 5.74) is 0.127. The number of carbonyl (C=O) groups is 2. The van der Waals surface area contributed by atoms with Crippen LogP contribution < -0.4 is 5.32 Å². The second-order valence-corrected chi connectivity index (χ2v) is 9.60. The van der Waals surface area contributed by atoms with Gasteiger partial charge in [0.1, 0.15) is 5.70 Å². The summed E-state index contributed by atoms with van der Waals surface area (Å²) in [6.07, 6.45) is 0.441. The van der Waals surface area contributed by atoms with E-state index in [2.05, 4.69) is 10.2 Å². The highest BCUT2D eigenvalue weighted by Gasteiger charge is 2.60. The molecule has 0 aromatic carbocycles. The molecule has 4 aliphatic rings. The Hall–Kier alpha value is -1.13. The maximum absolute atomic E-state index is 12.4. The summed E-state index contributed by atoms with van der Waals surface area (Å²) in [7, 11) is 0. The quantitative estimate of drug-likeness (QED) is 0.523. The maximum Gasteiger partial charge on any atom is 0.353 e. The third-order valence-corrected chi connectivity index (χ3v) is 7.84. The first kappa shape index (κ1) is 20.2. The highest BCUT2D eigenvalue weighted by molar-refractivity contribution is 8.03. The zero-order valence-electron chi connectivity index (χ0n) is 16.3. The number of aliphatic hydroxyl groups excluding tert-OH is 1. The Morgan fingerprint density at radius 2 is 2.25 bits per heavy atom. The molecule has 2 unspecified atom stereocenters. The second kappa shape index (κ2) is 7.95. The number of aliphatic hydroxyl groups is 1. The Kier molecular flexibility index (Phi) is 5.72. The number of fused-ring (bicyclic) bond motifs is 1. The first-order valence-electron chi connectivity index (χ1n) is 10.1. The monoisotopic (exact) mass is 411 g/mol. The van der Waals surface area contributed by atoms with Gasteiger partial charge in [0, 0.05) is 42.3 Å². The Bertz CT molecular complexity index is 678. The van der Waals surface area contributed by atoms with Crippen molar-refractivity contribution in [3.63, 3.8) is 0 Å². The largest absolute Gasteiger partial charge is 0.477 e. The molecule has 0 radical (unpaired) electrons. The van der Waals surface area contributed by atoms with Crippen LogP contribution in [-0.4, -0.2) is 94.7 Å². The van der Waals surface area contributed by atoms with Crippen molar-refractivity contribution in [3.8, 4) is 0 Å². The van der Waals surface area contributed by atoms with E-state index < -0.39 is 18.0 Å². The van der Waals surface area contributed by atoms with Crippen LogP contribution in [0.5, 0.6) is 0 Å². The van der Waals surface area contributed by atoms with Gasteiger partial charge in [-0.1, -0.05) is 6.92 Å². The van der Waals surface area contributed by atoms with Crippen LogP contribution in [0.2, 0.25) is 0 Å². The van der Waals surface area contributed by atoms with E-state index in [9.17, 15) is 19.8 Å². The maximum atomic E-state index is 12.4. The summed E-state index contributed by atoms with van der Waals surface area (Å²) in [5, 5.41) is 23.4. The number of rotatable bonds is 6. The number of β-lactam (4-membered cyclic amide) rings is 1. The van der Waals surface area contributed by atoms with E-state index in [1.165, 1.54) is 4.90 Å². The molecule has 0 aromatic heterocycles.